The van der Waals surface area contributed by atoms with Crippen LogP contribution in [0.15, 0.2) is 30.3 Å². The fraction of sp³-hybridized carbons (Fsp3) is 0.250. The van der Waals surface area contributed by atoms with E-state index in [4.69, 9.17) is 10.5 Å². The molecular formula is C12H15NO2. The Labute approximate surface area is 89.5 Å². The van der Waals surface area contributed by atoms with E-state index in [0.29, 0.717) is 6.61 Å². The number of nitrogens with two attached hydrogens (primary N) is 1. The van der Waals surface area contributed by atoms with Gasteiger partial charge in [-0.15, -0.1) is 0 Å². The Balaban J connectivity index is 2.69. The molecule has 1 rings (SSSR count). The van der Waals surface area contributed by atoms with E-state index in [1.807, 2.05) is 24.3 Å². The lowest BCUT2D eigenvalue weighted by molar-refractivity contribution is -0.113. The van der Waals surface area contributed by atoms with E-state index in [2.05, 4.69) is 6.92 Å². The van der Waals surface area contributed by atoms with Crippen molar-refractivity contribution in [1.29, 1.82) is 0 Å². The van der Waals surface area contributed by atoms with Gasteiger partial charge in [-0.3, -0.25) is 4.79 Å². The lowest BCUT2D eigenvalue weighted by atomic mass is 10.2. The maximum atomic E-state index is 10.5. The largest absolute Gasteiger partial charge is 0.494 e. The molecular weight excluding hydrogens is 190 g/mol. The van der Waals surface area contributed by atoms with Crippen molar-refractivity contribution in [2.45, 2.75) is 13.3 Å². The maximum absolute atomic E-state index is 10.5. The summed E-state index contributed by atoms with van der Waals surface area (Å²) in [6.45, 7) is 2.75. The van der Waals surface area contributed by atoms with Gasteiger partial charge >= 0.3 is 0 Å². The van der Waals surface area contributed by atoms with Crippen LogP contribution in [0.5, 0.6) is 5.75 Å². The van der Waals surface area contributed by atoms with Crippen LogP contribution < -0.4 is 10.5 Å². The average molecular weight is 205 g/mol. The highest BCUT2D eigenvalue weighted by Gasteiger charge is 1.94. The number of hydrogen-bond donors (Lipinski definition) is 1. The van der Waals surface area contributed by atoms with Crippen LogP contribution in [0.1, 0.15) is 18.9 Å². The molecule has 3 heteroatoms. The Morgan fingerprint density at radius 2 is 2.33 bits per heavy atom. The smallest absolute Gasteiger partial charge is 0.241 e. The van der Waals surface area contributed by atoms with Gasteiger partial charge in [0.1, 0.15) is 5.75 Å². The first kappa shape index (κ1) is 11.3. The molecule has 0 fully saturated rings. The van der Waals surface area contributed by atoms with Crippen molar-refractivity contribution in [1.82, 2.24) is 0 Å². The Morgan fingerprint density at radius 1 is 1.53 bits per heavy atom. The zero-order valence-corrected chi connectivity index (χ0v) is 8.77. The van der Waals surface area contributed by atoms with Gasteiger partial charge in [0, 0.05) is 6.08 Å². The minimum absolute atomic E-state index is 0.449. The fourth-order valence-corrected chi connectivity index (χ4v) is 1.11. The van der Waals surface area contributed by atoms with Crippen LogP contribution in [0, 0.1) is 0 Å². The minimum atomic E-state index is -0.449. The van der Waals surface area contributed by atoms with Crippen LogP contribution in [0.25, 0.3) is 6.08 Å². The molecule has 3 nitrogen and oxygen atoms in total. The number of carbonyl (C=O) groups excluding carboxylic acids is 1. The number of hydrogen-bond acceptors (Lipinski definition) is 2. The minimum Gasteiger partial charge on any atom is -0.494 e. The predicted octanol–water partition coefficient (Wildman–Crippen LogP) is 1.97. The molecule has 15 heavy (non-hydrogen) atoms. The van der Waals surface area contributed by atoms with Gasteiger partial charge in [0.2, 0.25) is 5.91 Å². The topological polar surface area (TPSA) is 52.3 Å². The van der Waals surface area contributed by atoms with Crippen LogP contribution in [0.2, 0.25) is 0 Å². The number of benzene rings is 1. The van der Waals surface area contributed by atoms with Crippen LogP contribution in [0.3, 0.4) is 0 Å². The molecule has 0 heterocycles. The van der Waals surface area contributed by atoms with E-state index in [9.17, 15) is 4.79 Å². The molecule has 0 saturated carbocycles. The Kier molecular flexibility index (Phi) is 4.41. The molecule has 0 saturated heterocycles. The SMILES string of the molecule is CCCOc1cccc(C=CC(N)=O)c1. The molecule has 80 valence electrons. The molecule has 0 bridgehead atoms. The third kappa shape index (κ3) is 4.31. The summed E-state index contributed by atoms with van der Waals surface area (Å²) >= 11 is 0. The summed E-state index contributed by atoms with van der Waals surface area (Å²) in [6.07, 6.45) is 3.97. The van der Waals surface area contributed by atoms with Gasteiger partial charge in [-0.25, -0.2) is 0 Å². The molecule has 0 aliphatic carbocycles. The summed E-state index contributed by atoms with van der Waals surface area (Å²) in [4.78, 5) is 10.5. The maximum Gasteiger partial charge on any atom is 0.241 e. The molecule has 0 aliphatic heterocycles. The molecule has 0 spiro atoms. The van der Waals surface area contributed by atoms with Gasteiger partial charge in [-0.05, 0) is 30.2 Å². The van der Waals surface area contributed by atoms with Crippen molar-refractivity contribution < 1.29 is 9.53 Å². The van der Waals surface area contributed by atoms with Gasteiger partial charge in [0.25, 0.3) is 0 Å². The van der Waals surface area contributed by atoms with Crippen molar-refractivity contribution in [3.05, 3.63) is 35.9 Å². The highest BCUT2D eigenvalue weighted by atomic mass is 16.5. The molecule has 0 unspecified atom stereocenters. The van der Waals surface area contributed by atoms with Crippen molar-refractivity contribution >= 4 is 12.0 Å². The van der Waals surface area contributed by atoms with E-state index in [0.717, 1.165) is 17.7 Å². The van der Waals surface area contributed by atoms with Gasteiger partial charge in [-0.2, -0.15) is 0 Å². The van der Waals surface area contributed by atoms with Crippen molar-refractivity contribution in [3.8, 4) is 5.75 Å². The van der Waals surface area contributed by atoms with Crippen molar-refractivity contribution in [2.24, 2.45) is 5.73 Å². The van der Waals surface area contributed by atoms with Gasteiger partial charge in [-0.1, -0.05) is 19.1 Å². The lowest BCUT2D eigenvalue weighted by Crippen LogP contribution is -2.05. The Bertz CT molecular complexity index is 358. The van der Waals surface area contributed by atoms with Gasteiger partial charge in [0.05, 0.1) is 6.61 Å². The second kappa shape index (κ2) is 5.86. The summed E-state index contributed by atoms with van der Waals surface area (Å²) in [5.41, 5.74) is 5.91. The second-order valence-corrected chi connectivity index (χ2v) is 3.16. The summed E-state index contributed by atoms with van der Waals surface area (Å²) < 4.78 is 5.45. The summed E-state index contributed by atoms with van der Waals surface area (Å²) in [5.74, 6) is 0.360. The molecule has 0 aromatic heterocycles. The zero-order chi connectivity index (χ0) is 11.1. The number of amides is 1. The third-order valence-electron chi connectivity index (χ3n) is 1.77. The normalized spacial score (nSPS) is 10.5. The van der Waals surface area contributed by atoms with Gasteiger partial charge < -0.3 is 10.5 Å². The van der Waals surface area contributed by atoms with E-state index < -0.39 is 5.91 Å². The van der Waals surface area contributed by atoms with E-state index in [1.165, 1.54) is 6.08 Å². The average Bonchev–Trinajstić information content (AvgIpc) is 2.24. The van der Waals surface area contributed by atoms with E-state index >= 15 is 0 Å². The molecule has 0 radical (unpaired) electrons. The van der Waals surface area contributed by atoms with Crippen molar-refractivity contribution in [2.75, 3.05) is 6.61 Å². The van der Waals surface area contributed by atoms with Gasteiger partial charge in [0.15, 0.2) is 0 Å². The summed E-state index contributed by atoms with van der Waals surface area (Å²) in [6, 6.07) is 7.52. The molecule has 1 amide bonds. The number of primary amides is 1. The Morgan fingerprint density at radius 3 is 3.00 bits per heavy atom. The molecule has 0 atom stereocenters. The molecule has 0 aliphatic rings. The molecule has 2 N–H and O–H groups in total. The van der Waals surface area contributed by atoms with Crippen LogP contribution >= 0.6 is 0 Å². The highest BCUT2D eigenvalue weighted by molar-refractivity contribution is 5.90. The van der Waals surface area contributed by atoms with E-state index in [-0.39, 0.29) is 0 Å². The summed E-state index contributed by atoms with van der Waals surface area (Å²) in [5, 5.41) is 0. The van der Waals surface area contributed by atoms with Crippen LogP contribution in [-0.2, 0) is 4.79 Å². The third-order valence-corrected chi connectivity index (χ3v) is 1.77. The first-order valence-electron chi connectivity index (χ1n) is 4.92. The number of carbonyl (C=O) groups is 1. The number of ether oxygens (including phenoxy) is 1. The monoisotopic (exact) mass is 205 g/mol. The zero-order valence-electron chi connectivity index (χ0n) is 8.77. The Hall–Kier alpha value is -1.77. The number of rotatable bonds is 5. The predicted molar refractivity (Wildman–Crippen MR) is 60.5 cm³/mol. The van der Waals surface area contributed by atoms with Crippen LogP contribution in [-0.4, -0.2) is 12.5 Å². The van der Waals surface area contributed by atoms with E-state index in [1.54, 1.807) is 6.08 Å². The first-order valence-corrected chi connectivity index (χ1v) is 4.92. The lowest BCUT2D eigenvalue weighted by Gasteiger charge is -2.04. The standard InChI is InChI=1S/C12H15NO2/c1-2-8-15-11-5-3-4-10(9-11)6-7-12(13)14/h3-7,9H,2,8H2,1H3,(H2,13,14). The quantitative estimate of drug-likeness (QED) is 0.747. The summed E-state index contributed by atoms with van der Waals surface area (Å²) in [7, 11) is 0. The second-order valence-electron chi connectivity index (χ2n) is 3.16. The molecule has 1 aromatic rings. The van der Waals surface area contributed by atoms with Crippen LogP contribution in [0.4, 0.5) is 0 Å². The first-order chi connectivity index (χ1) is 7.22. The fourth-order valence-electron chi connectivity index (χ4n) is 1.11. The highest BCUT2D eigenvalue weighted by Crippen LogP contribution is 2.14. The molecule has 1 aromatic carbocycles. The van der Waals surface area contributed by atoms with Crippen molar-refractivity contribution in [3.63, 3.8) is 0 Å².